The first-order chi connectivity index (χ1) is 14.1. The lowest BCUT2D eigenvalue weighted by Gasteiger charge is -2.26. The van der Waals surface area contributed by atoms with Gasteiger partial charge in [0.15, 0.2) is 0 Å². The second-order valence-corrected chi connectivity index (χ2v) is 7.48. The maximum Gasteiger partial charge on any atom is 0.141 e. The summed E-state index contributed by atoms with van der Waals surface area (Å²) in [4.78, 5) is 4.54. The van der Waals surface area contributed by atoms with E-state index in [1.54, 1.807) is 17.1 Å². The largest absolute Gasteiger partial charge is 0.484 e. The molecule has 0 aliphatic heterocycles. The molecular weight excluding hydrogens is 364 g/mol. The molecule has 0 saturated heterocycles. The van der Waals surface area contributed by atoms with Crippen LogP contribution in [0.1, 0.15) is 41.3 Å². The molecule has 1 aliphatic carbocycles. The van der Waals surface area contributed by atoms with Crippen LogP contribution in [0.3, 0.4) is 0 Å². The van der Waals surface area contributed by atoms with Crippen molar-refractivity contribution in [3.8, 4) is 17.5 Å². The van der Waals surface area contributed by atoms with Crippen molar-refractivity contribution >= 4 is 10.9 Å². The van der Waals surface area contributed by atoms with Gasteiger partial charge in [0.05, 0.1) is 35.4 Å². The van der Waals surface area contributed by atoms with Gasteiger partial charge >= 0.3 is 0 Å². The van der Waals surface area contributed by atoms with Gasteiger partial charge in [-0.2, -0.15) is 15.5 Å². The highest BCUT2D eigenvalue weighted by Gasteiger charge is 2.24. The molecule has 0 saturated carbocycles. The van der Waals surface area contributed by atoms with E-state index in [1.807, 2.05) is 43.2 Å². The number of hydrogen-bond acceptors (Lipinski definition) is 5. The number of hydrogen-bond donors (Lipinski definition) is 0. The number of nitrogens with zero attached hydrogens (tertiary/aromatic N) is 6. The Morgan fingerprint density at radius 2 is 2.07 bits per heavy atom. The number of fused-ring (bicyclic) bond motifs is 2. The van der Waals surface area contributed by atoms with Crippen molar-refractivity contribution in [1.82, 2.24) is 24.5 Å². The van der Waals surface area contributed by atoms with Gasteiger partial charge in [0.2, 0.25) is 0 Å². The predicted molar refractivity (Wildman–Crippen MR) is 108 cm³/mol. The fourth-order valence-electron chi connectivity index (χ4n) is 3.97. The zero-order valence-electron chi connectivity index (χ0n) is 16.3. The highest BCUT2D eigenvalue weighted by atomic mass is 16.5. The summed E-state index contributed by atoms with van der Waals surface area (Å²) in [6.45, 7) is 2.05. The van der Waals surface area contributed by atoms with E-state index in [1.165, 1.54) is 0 Å². The van der Waals surface area contributed by atoms with E-state index in [0.29, 0.717) is 5.56 Å². The van der Waals surface area contributed by atoms with Crippen LogP contribution in [-0.2, 0) is 13.5 Å². The summed E-state index contributed by atoms with van der Waals surface area (Å²) in [7, 11) is 1.89. The molecule has 0 radical (unpaired) electrons. The van der Waals surface area contributed by atoms with Crippen LogP contribution in [-0.4, -0.2) is 24.5 Å². The van der Waals surface area contributed by atoms with E-state index < -0.39 is 0 Å². The first-order valence-electron chi connectivity index (χ1n) is 9.65. The van der Waals surface area contributed by atoms with Gasteiger partial charge in [0.25, 0.3) is 0 Å². The van der Waals surface area contributed by atoms with Crippen molar-refractivity contribution in [3.63, 3.8) is 0 Å². The minimum absolute atomic E-state index is 0.114. The summed E-state index contributed by atoms with van der Waals surface area (Å²) in [5.74, 6) is 0.826. The highest BCUT2D eigenvalue weighted by Crippen LogP contribution is 2.35. The lowest BCUT2D eigenvalue weighted by molar-refractivity contribution is 0.177. The van der Waals surface area contributed by atoms with E-state index >= 15 is 0 Å². The maximum absolute atomic E-state index is 9.14. The predicted octanol–water partition coefficient (Wildman–Crippen LogP) is 3.79. The van der Waals surface area contributed by atoms with Gasteiger partial charge in [-0.05, 0) is 49.4 Å². The summed E-state index contributed by atoms with van der Waals surface area (Å²) >= 11 is 0. The monoisotopic (exact) mass is 384 g/mol. The van der Waals surface area contributed by atoms with Crippen LogP contribution >= 0.6 is 0 Å². The maximum atomic E-state index is 9.14. The number of nitriles is 1. The molecule has 1 unspecified atom stereocenters. The molecule has 0 bridgehead atoms. The van der Waals surface area contributed by atoms with Crippen molar-refractivity contribution in [3.05, 3.63) is 65.4 Å². The summed E-state index contributed by atoms with van der Waals surface area (Å²) in [5.41, 5.74) is 5.59. The molecule has 0 N–H and O–H groups in total. The Hall–Kier alpha value is -3.66. The Morgan fingerprint density at radius 1 is 1.17 bits per heavy atom. The Balaban J connectivity index is 1.53. The third-order valence-electron chi connectivity index (χ3n) is 5.42. The lowest BCUT2D eigenvalue weighted by atomic mass is 9.92. The van der Waals surface area contributed by atoms with Crippen molar-refractivity contribution in [2.45, 2.75) is 32.3 Å². The lowest BCUT2D eigenvalue weighted by Crippen LogP contribution is -2.17. The minimum Gasteiger partial charge on any atom is -0.484 e. The van der Waals surface area contributed by atoms with Crippen LogP contribution in [0.25, 0.3) is 16.6 Å². The first kappa shape index (κ1) is 17.4. The zero-order valence-corrected chi connectivity index (χ0v) is 16.3. The van der Waals surface area contributed by atoms with Crippen LogP contribution in [0.2, 0.25) is 0 Å². The average Bonchev–Trinajstić information content (AvgIpc) is 3.33. The summed E-state index contributed by atoms with van der Waals surface area (Å²) < 4.78 is 10.1. The van der Waals surface area contributed by atoms with Crippen LogP contribution in [0.15, 0.2) is 43.0 Å². The number of pyridine rings is 1. The number of aryl methyl sites for hydroxylation is 3. The Morgan fingerprint density at radius 3 is 2.86 bits per heavy atom. The Labute approximate surface area is 168 Å². The van der Waals surface area contributed by atoms with Gasteiger partial charge in [0.1, 0.15) is 23.6 Å². The summed E-state index contributed by atoms with van der Waals surface area (Å²) in [5, 5.41) is 19.0. The molecule has 7 nitrogen and oxygen atoms in total. The topological polar surface area (TPSA) is 81.5 Å². The van der Waals surface area contributed by atoms with E-state index in [4.69, 9.17) is 10.00 Å². The van der Waals surface area contributed by atoms with Crippen molar-refractivity contribution in [1.29, 1.82) is 5.26 Å². The van der Waals surface area contributed by atoms with Crippen LogP contribution in [0.5, 0.6) is 5.75 Å². The van der Waals surface area contributed by atoms with Gasteiger partial charge in [0, 0.05) is 24.7 Å². The molecule has 0 fully saturated rings. The first-order valence-corrected chi connectivity index (χ1v) is 9.65. The van der Waals surface area contributed by atoms with Crippen LogP contribution in [0.4, 0.5) is 0 Å². The highest BCUT2D eigenvalue weighted by molar-refractivity contribution is 5.83. The molecule has 4 aromatic rings. The molecular formula is C22H20N6O. The van der Waals surface area contributed by atoms with E-state index in [0.717, 1.165) is 58.4 Å². The number of benzene rings is 1. The molecule has 144 valence electrons. The molecule has 1 atom stereocenters. The molecule has 5 rings (SSSR count). The van der Waals surface area contributed by atoms with Crippen LogP contribution < -0.4 is 4.74 Å². The van der Waals surface area contributed by atoms with Gasteiger partial charge < -0.3 is 4.74 Å². The van der Waals surface area contributed by atoms with E-state index in [9.17, 15) is 0 Å². The number of ether oxygens (including phenoxy) is 1. The normalized spacial score (nSPS) is 15.8. The molecule has 7 heteroatoms. The van der Waals surface area contributed by atoms with E-state index in [-0.39, 0.29) is 6.10 Å². The third kappa shape index (κ3) is 3.03. The Bertz CT molecular complexity index is 1260. The average molecular weight is 384 g/mol. The summed E-state index contributed by atoms with van der Waals surface area (Å²) in [6, 6.07) is 8.25. The van der Waals surface area contributed by atoms with Gasteiger partial charge in [-0.15, -0.1) is 0 Å². The molecule has 0 amide bonds. The molecule has 0 spiro atoms. The van der Waals surface area contributed by atoms with Crippen LogP contribution in [0, 0.1) is 18.3 Å². The second kappa shape index (κ2) is 6.74. The van der Waals surface area contributed by atoms with Gasteiger partial charge in [-0.1, -0.05) is 0 Å². The van der Waals surface area contributed by atoms with Gasteiger partial charge in [-0.25, -0.2) is 4.68 Å². The quantitative estimate of drug-likeness (QED) is 0.537. The Kier molecular flexibility index (Phi) is 4.06. The SMILES string of the molecule is Cc1cc2cnn(-c3cnn(C)c3)c2cc1OC1CCCc2cc(C#N)cnc21. The molecule has 29 heavy (non-hydrogen) atoms. The molecule has 3 aromatic heterocycles. The van der Waals surface area contributed by atoms with Crippen molar-refractivity contribution in [2.75, 3.05) is 0 Å². The van der Waals surface area contributed by atoms with Crippen molar-refractivity contribution in [2.24, 2.45) is 7.05 Å². The fourth-order valence-corrected chi connectivity index (χ4v) is 3.97. The van der Waals surface area contributed by atoms with E-state index in [2.05, 4.69) is 27.3 Å². The van der Waals surface area contributed by atoms with Gasteiger partial charge in [-0.3, -0.25) is 9.67 Å². The molecule has 3 heterocycles. The zero-order chi connectivity index (χ0) is 20.0. The minimum atomic E-state index is -0.114. The number of aromatic nitrogens is 5. The molecule has 1 aliphatic rings. The number of rotatable bonds is 3. The standard InChI is InChI=1S/C22H20N6O/c1-14-6-17-11-26-28(18-12-25-27(2)13-18)19(17)8-21(14)29-20-5-3-4-16-7-15(9-23)10-24-22(16)20/h6-8,10-13,20H,3-5H2,1-2H3. The third-order valence-corrected chi connectivity index (χ3v) is 5.42. The molecule has 1 aromatic carbocycles. The summed E-state index contributed by atoms with van der Waals surface area (Å²) in [6.07, 6.45) is 9.96. The smallest absolute Gasteiger partial charge is 0.141 e. The second-order valence-electron chi connectivity index (χ2n) is 7.48. The fraction of sp³-hybridized carbons (Fsp3) is 0.273. The van der Waals surface area contributed by atoms with Crippen molar-refractivity contribution < 1.29 is 4.74 Å².